The quantitative estimate of drug-likeness (QED) is 0.594. The van der Waals surface area contributed by atoms with Gasteiger partial charge in [-0.25, -0.2) is 13.4 Å². The van der Waals surface area contributed by atoms with Crippen LogP contribution in [0.1, 0.15) is 30.2 Å². The van der Waals surface area contributed by atoms with Crippen molar-refractivity contribution in [1.29, 1.82) is 0 Å². The summed E-state index contributed by atoms with van der Waals surface area (Å²) < 4.78 is 23.0. The fourth-order valence-corrected chi connectivity index (χ4v) is 4.84. The second-order valence-corrected chi connectivity index (χ2v) is 8.76. The first-order chi connectivity index (χ1) is 10.5. The van der Waals surface area contributed by atoms with E-state index in [0.29, 0.717) is 18.9 Å². The van der Waals surface area contributed by atoms with Crippen LogP contribution in [0, 0.1) is 0 Å². The standard InChI is InChI=1S/C14H24N4O2S2/c1-3-12-9-17-13(21-12)5-7-16-14(15-4-2)18-11-6-8-22(19,20)10-11/h9,11H,3-8,10H2,1-2H3,(H2,15,16,18). The molecule has 8 heteroatoms. The maximum atomic E-state index is 11.5. The number of sulfone groups is 1. The predicted octanol–water partition coefficient (Wildman–Crippen LogP) is 0.990. The van der Waals surface area contributed by atoms with Gasteiger partial charge in [0.25, 0.3) is 0 Å². The zero-order valence-corrected chi connectivity index (χ0v) is 14.8. The summed E-state index contributed by atoms with van der Waals surface area (Å²) in [4.78, 5) is 10.2. The SMILES string of the molecule is CCNC(=NCCc1ncc(CC)s1)NC1CCS(=O)(=O)C1. The molecule has 0 bridgehead atoms. The number of hydrogen-bond donors (Lipinski definition) is 2. The Balaban J connectivity index is 1.86. The van der Waals surface area contributed by atoms with Crippen molar-refractivity contribution >= 4 is 27.1 Å². The first kappa shape index (κ1) is 17.2. The molecule has 1 aliphatic heterocycles. The van der Waals surface area contributed by atoms with Gasteiger partial charge in [0.1, 0.15) is 0 Å². The van der Waals surface area contributed by atoms with Gasteiger partial charge in [0.2, 0.25) is 0 Å². The zero-order chi connectivity index (χ0) is 16.0. The molecule has 6 nitrogen and oxygen atoms in total. The Kier molecular flexibility index (Phi) is 6.19. The van der Waals surface area contributed by atoms with E-state index >= 15 is 0 Å². The molecule has 2 rings (SSSR count). The monoisotopic (exact) mass is 344 g/mol. The Hall–Kier alpha value is -1.15. The van der Waals surface area contributed by atoms with Gasteiger partial charge < -0.3 is 10.6 Å². The van der Waals surface area contributed by atoms with Crippen molar-refractivity contribution in [1.82, 2.24) is 15.6 Å². The van der Waals surface area contributed by atoms with Crippen molar-refractivity contribution in [2.45, 2.75) is 39.2 Å². The van der Waals surface area contributed by atoms with Crippen molar-refractivity contribution in [2.75, 3.05) is 24.6 Å². The van der Waals surface area contributed by atoms with Crippen LogP contribution in [0.15, 0.2) is 11.2 Å². The van der Waals surface area contributed by atoms with Gasteiger partial charge in [-0.1, -0.05) is 6.92 Å². The van der Waals surface area contributed by atoms with E-state index in [4.69, 9.17) is 0 Å². The average molecular weight is 345 g/mol. The van der Waals surface area contributed by atoms with Crippen molar-refractivity contribution in [2.24, 2.45) is 4.99 Å². The van der Waals surface area contributed by atoms with Crippen molar-refractivity contribution < 1.29 is 8.42 Å². The summed E-state index contributed by atoms with van der Waals surface area (Å²) >= 11 is 1.73. The van der Waals surface area contributed by atoms with E-state index in [0.717, 1.165) is 24.4 Å². The third-order valence-electron chi connectivity index (χ3n) is 3.46. The minimum absolute atomic E-state index is 0.0330. The van der Waals surface area contributed by atoms with Crippen molar-refractivity contribution in [3.8, 4) is 0 Å². The fraction of sp³-hybridized carbons (Fsp3) is 0.714. The molecule has 1 fully saturated rings. The molecule has 1 saturated heterocycles. The highest BCUT2D eigenvalue weighted by Crippen LogP contribution is 2.14. The topological polar surface area (TPSA) is 83.4 Å². The summed E-state index contributed by atoms with van der Waals surface area (Å²) in [7, 11) is -2.87. The molecule has 0 radical (unpaired) electrons. The summed E-state index contributed by atoms with van der Waals surface area (Å²) in [5.41, 5.74) is 0. The van der Waals surface area contributed by atoms with E-state index in [2.05, 4.69) is 27.5 Å². The second-order valence-electron chi connectivity index (χ2n) is 5.33. The second kappa shape index (κ2) is 7.92. The van der Waals surface area contributed by atoms with Gasteiger partial charge in [0, 0.05) is 36.6 Å². The van der Waals surface area contributed by atoms with Gasteiger partial charge >= 0.3 is 0 Å². The lowest BCUT2D eigenvalue weighted by Crippen LogP contribution is -2.44. The van der Waals surface area contributed by atoms with Gasteiger partial charge in [-0.05, 0) is 19.8 Å². The smallest absolute Gasteiger partial charge is 0.191 e. The molecule has 0 spiro atoms. The van der Waals surface area contributed by atoms with Gasteiger partial charge in [-0.3, -0.25) is 4.99 Å². The number of hydrogen-bond acceptors (Lipinski definition) is 5. The van der Waals surface area contributed by atoms with E-state index in [1.165, 1.54) is 4.88 Å². The number of thiazole rings is 1. The van der Waals surface area contributed by atoms with E-state index in [9.17, 15) is 8.42 Å². The van der Waals surface area contributed by atoms with Crippen LogP contribution in [0.25, 0.3) is 0 Å². The van der Waals surface area contributed by atoms with Gasteiger partial charge in [-0.15, -0.1) is 11.3 Å². The highest BCUT2D eigenvalue weighted by Gasteiger charge is 2.28. The van der Waals surface area contributed by atoms with Crippen LogP contribution in [-0.2, 0) is 22.7 Å². The number of aromatic nitrogens is 1. The third-order valence-corrected chi connectivity index (χ3v) is 6.43. The van der Waals surface area contributed by atoms with Crippen LogP contribution in [0.4, 0.5) is 0 Å². The average Bonchev–Trinajstić information content (AvgIpc) is 3.05. The predicted molar refractivity (Wildman–Crippen MR) is 91.4 cm³/mol. The summed E-state index contributed by atoms with van der Waals surface area (Å²) in [6, 6.07) is -0.0330. The van der Waals surface area contributed by atoms with Gasteiger partial charge in [0.05, 0.1) is 16.5 Å². The molecular formula is C14H24N4O2S2. The summed E-state index contributed by atoms with van der Waals surface area (Å²) in [6.45, 7) is 5.52. The molecule has 0 aromatic carbocycles. The lowest BCUT2D eigenvalue weighted by atomic mass is 10.3. The minimum Gasteiger partial charge on any atom is -0.357 e. The van der Waals surface area contributed by atoms with Crippen LogP contribution in [0.5, 0.6) is 0 Å². The minimum atomic E-state index is -2.87. The van der Waals surface area contributed by atoms with E-state index in [1.54, 1.807) is 11.3 Å². The number of rotatable bonds is 6. The molecule has 1 unspecified atom stereocenters. The van der Waals surface area contributed by atoms with Gasteiger partial charge in [0.15, 0.2) is 15.8 Å². The summed E-state index contributed by atoms with van der Waals surface area (Å²) in [5.74, 6) is 1.16. The van der Waals surface area contributed by atoms with Crippen LogP contribution in [-0.4, -0.2) is 50.0 Å². The summed E-state index contributed by atoms with van der Waals surface area (Å²) in [6.07, 6.45) is 4.40. The maximum Gasteiger partial charge on any atom is 0.191 e. The molecule has 2 N–H and O–H groups in total. The largest absolute Gasteiger partial charge is 0.357 e. The van der Waals surface area contributed by atoms with Gasteiger partial charge in [-0.2, -0.15) is 0 Å². The Morgan fingerprint density at radius 1 is 1.50 bits per heavy atom. The van der Waals surface area contributed by atoms with E-state index < -0.39 is 9.84 Å². The summed E-state index contributed by atoms with van der Waals surface area (Å²) in [5, 5.41) is 7.48. The van der Waals surface area contributed by atoms with Crippen LogP contribution in [0.3, 0.4) is 0 Å². The molecule has 1 aromatic heterocycles. The third kappa shape index (κ3) is 5.24. The fourth-order valence-electron chi connectivity index (χ4n) is 2.31. The first-order valence-corrected chi connectivity index (χ1v) is 10.3. The Morgan fingerprint density at radius 2 is 2.32 bits per heavy atom. The maximum absolute atomic E-state index is 11.5. The molecule has 1 atom stereocenters. The molecule has 0 aliphatic carbocycles. The molecule has 1 aliphatic rings. The Labute approximate surface area is 136 Å². The molecule has 22 heavy (non-hydrogen) atoms. The number of nitrogens with one attached hydrogen (secondary N) is 2. The molecule has 0 amide bonds. The zero-order valence-electron chi connectivity index (χ0n) is 13.1. The van der Waals surface area contributed by atoms with Crippen molar-refractivity contribution in [3.63, 3.8) is 0 Å². The van der Waals surface area contributed by atoms with Crippen LogP contribution >= 0.6 is 11.3 Å². The van der Waals surface area contributed by atoms with Crippen LogP contribution in [0.2, 0.25) is 0 Å². The van der Waals surface area contributed by atoms with Crippen LogP contribution < -0.4 is 10.6 Å². The molecule has 1 aromatic rings. The Bertz CT molecular complexity index is 610. The highest BCUT2D eigenvalue weighted by atomic mass is 32.2. The van der Waals surface area contributed by atoms with E-state index in [1.807, 2.05) is 13.1 Å². The lowest BCUT2D eigenvalue weighted by Gasteiger charge is -2.15. The molecule has 0 saturated carbocycles. The van der Waals surface area contributed by atoms with Crippen molar-refractivity contribution in [3.05, 3.63) is 16.1 Å². The molecule has 2 heterocycles. The van der Waals surface area contributed by atoms with E-state index in [-0.39, 0.29) is 17.5 Å². The first-order valence-electron chi connectivity index (χ1n) is 7.71. The number of aryl methyl sites for hydroxylation is 1. The molecular weight excluding hydrogens is 320 g/mol. The number of guanidine groups is 1. The Morgan fingerprint density at radius 3 is 2.91 bits per heavy atom. The number of aliphatic imine (C=N–C) groups is 1. The molecule has 124 valence electrons. The lowest BCUT2D eigenvalue weighted by molar-refractivity contribution is 0.599. The number of nitrogens with zero attached hydrogens (tertiary/aromatic N) is 2. The highest BCUT2D eigenvalue weighted by molar-refractivity contribution is 7.91. The normalized spacial score (nSPS) is 21.0.